The number of phenols is 1. The van der Waals surface area contributed by atoms with Crippen LogP contribution in [0.4, 0.5) is 5.82 Å². The molecule has 7 nitrogen and oxygen atoms in total. The number of nitrogens with zero attached hydrogens (tertiary/aromatic N) is 3. The highest BCUT2D eigenvalue weighted by Gasteiger charge is 2.25. The number of nitrogens with one attached hydrogen (secondary N) is 1. The van der Waals surface area contributed by atoms with Gasteiger partial charge < -0.3 is 16.2 Å². The number of aromatic hydroxyl groups is 1. The van der Waals surface area contributed by atoms with E-state index in [0.717, 1.165) is 24.1 Å². The number of benzene rings is 1. The molecule has 7 heteroatoms. The maximum absolute atomic E-state index is 12.1. The third-order valence-corrected chi connectivity index (χ3v) is 3.91. The molecule has 1 aromatic carbocycles. The van der Waals surface area contributed by atoms with Crippen molar-refractivity contribution < 1.29 is 9.90 Å². The number of anilines is 1. The standard InChI is InChI=1S/C16H15N5O2/c17-14-15-19-8-12(21(15)6-5-18-14)9-1-4-11(13(22)7-9)16(23)20-10-2-3-10/h1,4-8,10,22H,2-3H2,(H2,17,18)(H,20,23). The van der Waals surface area contributed by atoms with Crippen molar-refractivity contribution in [3.05, 3.63) is 42.4 Å². The van der Waals surface area contributed by atoms with Gasteiger partial charge in [0.1, 0.15) is 5.75 Å². The topological polar surface area (TPSA) is 106 Å². The number of fused-ring (bicyclic) bond motifs is 1. The Hall–Kier alpha value is -3.09. The fourth-order valence-corrected chi connectivity index (χ4v) is 2.53. The maximum atomic E-state index is 12.1. The zero-order valence-electron chi connectivity index (χ0n) is 12.2. The first-order chi connectivity index (χ1) is 11.1. The van der Waals surface area contributed by atoms with E-state index >= 15 is 0 Å². The van der Waals surface area contributed by atoms with E-state index in [1.54, 1.807) is 41.2 Å². The van der Waals surface area contributed by atoms with Crippen molar-refractivity contribution in [2.75, 3.05) is 5.73 Å². The second-order valence-electron chi connectivity index (χ2n) is 5.63. The molecule has 0 bridgehead atoms. The van der Waals surface area contributed by atoms with Crippen LogP contribution in [-0.2, 0) is 0 Å². The van der Waals surface area contributed by atoms with Crippen molar-refractivity contribution in [1.82, 2.24) is 19.7 Å². The molecule has 3 aromatic rings. The first-order valence-corrected chi connectivity index (χ1v) is 7.35. The predicted molar refractivity (Wildman–Crippen MR) is 85.0 cm³/mol. The van der Waals surface area contributed by atoms with Gasteiger partial charge in [0.2, 0.25) is 0 Å². The van der Waals surface area contributed by atoms with Gasteiger partial charge in [-0.2, -0.15) is 0 Å². The van der Waals surface area contributed by atoms with Crippen LogP contribution in [0.3, 0.4) is 0 Å². The van der Waals surface area contributed by atoms with Crippen LogP contribution in [-0.4, -0.2) is 31.4 Å². The van der Waals surface area contributed by atoms with Crippen LogP contribution in [0.1, 0.15) is 23.2 Å². The Morgan fingerprint density at radius 1 is 1.35 bits per heavy atom. The summed E-state index contributed by atoms with van der Waals surface area (Å²) < 4.78 is 1.79. The van der Waals surface area contributed by atoms with Crippen molar-refractivity contribution in [2.24, 2.45) is 0 Å². The summed E-state index contributed by atoms with van der Waals surface area (Å²) in [6, 6.07) is 5.20. The Labute approximate surface area is 131 Å². The lowest BCUT2D eigenvalue weighted by molar-refractivity contribution is 0.0948. The third kappa shape index (κ3) is 2.36. The van der Waals surface area contributed by atoms with Crippen molar-refractivity contribution in [3.63, 3.8) is 0 Å². The van der Waals surface area contributed by atoms with E-state index in [1.807, 2.05) is 0 Å². The van der Waals surface area contributed by atoms with E-state index in [9.17, 15) is 9.90 Å². The summed E-state index contributed by atoms with van der Waals surface area (Å²) in [6.07, 6.45) is 7.00. The van der Waals surface area contributed by atoms with E-state index in [-0.39, 0.29) is 23.3 Å². The zero-order chi connectivity index (χ0) is 16.0. The van der Waals surface area contributed by atoms with Gasteiger partial charge in [0, 0.05) is 24.0 Å². The molecule has 0 spiro atoms. The molecule has 1 amide bonds. The molecule has 2 heterocycles. The number of amides is 1. The SMILES string of the molecule is Nc1nccn2c(-c3ccc(C(=O)NC4CC4)c(O)c3)cnc12. The van der Waals surface area contributed by atoms with E-state index in [1.165, 1.54) is 0 Å². The van der Waals surface area contributed by atoms with Crippen LogP contribution < -0.4 is 11.1 Å². The van der Waals surface area contributed by atoms with E-state index < -0.39 is 0 Å². The van der Waals surface area contributed by atoms with Crippen LogP contribution >= 0.6 is 0 Å². The highest BCUT2D eigenvalue weighted by atomic mass is 16.3. The number of carbonyl (C=O) groups excluding carboxylic acids is 1. The number of imidazole rings is 1. The van der Waals surface area contributed by atoms with E-state index in [2.05, 4.69) is 15.3 Å². The Morgan fingerprint density at radius 2 is 2.17 bits per heavy atom. The third-order valence-electron chi connectivity index (χ3n) is 3.91. The highest BCUT2D eigenvalue weighted by molar-refractivity contribution is 5.97. The molecule has 1 saturated carbocycles. The number of aromatic nitrogens is 3. The molecular weight excluding hydrogens is 294 g/mol. The van der Waals surface area contributed by atoms with Crippen molar-refractivity contribution in [2.45, 2.75) is 18.9 Å². The van der Waals surface area contributed by atoms with Gasteiger partial charge in [0.05, 0.1) is 17.5 Å². The minimum atomic E-state index is -0.247. The minimum Gasteiger partial charge on any atom is -0.507 e. The molecule has 4 N–H and O–H groups in total. The second-order valence-corrected chi connectivity index (χ2v) is 5.63. The molecule has 1 fully saturated rings. The molecule has 116 valence electrons. The first-order valence-electron chi connectivity index (χ1n) is 7.35. The van der Waals surface area contributed by atoms with Gasteiger partial charge in [0.25, 0.3) is 5.91 Å². The fraction of sp³-hybridized carbons (Fsp3) is 0.188. The highest BCUT2D eigenvalue weighted by Crippen LogP contribution is 2.28. The van der Waals surface area contributed by atoms with Gasteiger partial charge in [-0.3, -0.25) is 9.20 Å². The summed E-state index contributed by atoms with van der Waals surface area (Å²) in [6.45, 7) is 0. The summed E-state index contributed by atoms with van der Waals surface area (Å²) in [7, 11) is 0. The van der Waals surface area contributed by atoms with Gasteiger partial charge in [0.15, 0.2) is 11.5 Å². The molecule has 2 aromatic heterocycles. The molecule has 0 radical (unpaired) electrons. The van der Waals surface area contributed by atoms with Gasteiger partial charge in [-0.05, 0) is 25.0 Å². The molecule has 0 unspecified atom stereocenters. The van der Waals surface area contributed by atoms with E-state index in [0.29, 0.717) is 11.5 Å². The number of carbonyl (C=O) groups is 1. The molecule has 4 rings (SSSR count). The van der Waals surface area contributed by atoms with Crippen LogP contribution in [0.25, 0.3) is 16.9 Å². The number of rotatable bonds is 3. The van der Waals surface area contributed by atoms with Crippen LogP contribution in [0, 0.1) is 0 Å². The predicted octanol–water partition coefficient (Wildman–Crippen LogP) is 1.58. The first kappa shape index (κ1) is 13.6. The Bertz CT molecular complexity index is 914. The molecule has 1 aliphatic rings. The molecule has 23 heavy (non-hydrogen) atoms. The molecule has 0 saturated heterocycles. The summed E-state index contributed by atoms with van der Waals surface area (Å²) in [4.78, 5) is 20.3. The lowest BCUT2D eigenvalue weighted by Crippen LogP contribution is -2.25. The number of nitrogen functional groups attached to an aromatic ring is 1. The van der Waals surface area contributed by atoms with Crippen molar-refractivity contribution in [1.29, 1.82) is 0 Å². The number of hydrogen-bond acceptors (Lipinski definition) is 5. The summed E-state index contributed by atoms with van der Waals surface area (Å²) >= 11 is 0. The van der Waals surface area contributed by atoms with Gasteiger partial charge in [-0.15, -0.1) is 0 Å². The Morgan fingerprint density at radius 3 is 2.91 bits per heavy atom. The maximum Gasteiger partial charge on any atom is 0.255 e. The quantitative estimate of drug-likeness (QED) is 0.681. The summed E-state index contributed by atoms with van der Waals surface area (Å²) in [5.74, 6) is 0.0316. The zero-order valence-corrected chi connectivity index (χ0v) is 12.2. The average molecular weight is 309 g/mol. The van der Waals surface area contributed by atoms with Gasteiger partial charge in [-0.25, -0.2) is 9.97 Å². The molecule has 1 aliphatic carbocycles. The summed E-state index contributed by atoms with van der Waals surface area (Å²) in [5.41, 5.74) is 8.13. The smallest absolute Gasteiger partial charge is 0.255 e. The Kier molecular flexibility index (Phi) is 2.94. The summed E-state index contributed by atoms with van der Waals surface area (Å²) in [5, 5.41) is 13.1. The van der Waals surface area contributed by atoms with Gasteiger partial charge >= 0.3 is 0 Å². The number of phenolic OH excluding ortho intramolecular Hbond substituents is 1. The molecule has 0 aliphatic heterocycles. The van der Waals surface area contributed by atoms with Crippen molar-refractivity contribution in [3.8, 4) is 17.0 Å². The molecule has 0 atom stereocenters. The average Bonchev–Trinajstić information content (AvgIpc) is 3.23. The van der Waals surface area contributed by atoms with Crippen LogP contribution in [0.5, 0.6) is 5.75 Å². The Balaban J connectivity index is 1.72. The van der Waals surface area contributed by atoms with Crippen molar-refractivity contribution >= 4 is 17.4 Å². The van der Waals surface area contributed by atoms with Crippen LogP contribution in [0.2, 0.25) is 0 Å². The second kappa shape index (κ2) is 4.98. The van der Waals surface area contributed by atoms with Crippen LogP contribution in [0.15, 0.2) is 36.8 Å². The van der Waals surface area contributed by atoms with E-state index in [4.69, 9.17) is 5.73 Å². The number of hydrogen-bond donors (Lipinski definition) is 3. The van der Waals surface area contributed by atoms with Gasteiger partial charge in [-0.1, -0.05) is 6.07 Å². The monoisotopic (exact) mass is 309 g/mol. The lowest BCUT2D eigenvalue weighted by Gasteiger charge is -2.08. The normalized spacial score (nSPS) is 14.1. The lowest BCUT2D eigenvalue weighted by atomic mass is 10.1. The fourth-order valence-electron chi connectivity index (χ4n) is 2.53. The number of nitrogens with two attached hydrogens (primary N) is 1. The largest absolute Gasteiger partial charge is 0.507 e. The molecular formula is C16H15N5O2. The minimum absolute atomic E-state index is 0.0578.